The van der Waals surface area contributed by atoms with E-state index in [-0.39, 0.29) is 0 Å². The van der Waals surface area contributed by atoms with Gasteiger partial charge < -0.3 is 4.90 Å². The van der Waals surface area contributed by atoms with E-state index < -0.39 is 0 Å². The van der Waals surface area contributed by atoms with Crippen molar-refractivity contribution >= 4 is 38.6 Å². The molecule has 1 heteroatoms. The molecule has 0 atom stereocenters. The van der Waals surface area contributed by atoms with Crippen LogP contribution in [0.2, 0.25) is 0 Å². The van der Waals surface area contributed by atoms with E-state index in [9.17, 15) is 0 Å². The summed E-state index contributed by atoms with van der Waals surface area (Å²) >= 11 is 0. The van der Waals surface area contributed by atoms with Crippen molar-refractivity contribution in [2.45, 2.75) is 0 Å². The van der Waals surface area contributed by atoms with E-state index in [1.54, 1.807) is 0 Å². The van der Waals surface area contributed by atoms with Crippen LogP contribution in [0.5, 0.6) is 0 Å². The number of benzene rings is 10. The third kappa shape index (κ3) is 6.77. The van der Waals surface area contributed by atoms with Crippen LogP contribution in [0.4, 0.5) is 17.1 Å². The molecule has 1 nitrogen and oxygen atoms in total. The lowest BCUT2D eigenvalue weighted by Gasteiger charge is -2.30. The maximum absolute atomic E-state index is 2.46. The minimum Gasteiger partial charge on any atom is -0.309 e. The van der Waals surface area contributed by atoms with Gasteiger partial charge in [0.1, 0.15) is 0 Å². The van der Waals surface area contributed by atoms with Gasteiger partial charge in [0.25, 0.3) is 0 Å². The van der Waals surface area contributed by atoms with E-state index >= 15 is 0 Å². The molecular weight excluding hydrogens is 687 g/mol. The van der Waals surface area contributed by atoms with Crippen LogP contribution in [0, 0.1) is 0 Å². The van der Waals surface area contributed by atoms with Gasteiger partial charge in [0.15, 0.2) is 0 Å². The Hall–Kier alpha value is -7.48. The third-order valence-corrected chi connectivity index (χ3v) is 11.1. The number of para-hydroxylation sites is 1. The van der Waals surface area contributed by atoms with Crippen molar-refractivity contribution in [1.82, 2.24) is 0 Å². The SMILES string of the molecule is c1ccc(-c2ccc(-c3ccccc3N(c3ccc(-c4ccc5ccccc5c4)cc3)c3cc(-c4ccc5ccccc5c4)ccc3-c3ccccc3)cc2)cc1. The highest BCUT2D eigenvalue weighted by atomic mass is 15.1. The number of hydrogen-bond acceptors (Lipinski definition) is 1. The van der Waals surface area contributed by atoms with Crippen LogP contribution in [-0.4, -0.2) is 0 Å². The number of fused-ring (bicyclic) bond motifs is 2. The molecule has 0 saturated heterocycles. The minimum absolute atomic E-state index is 1.08. The number of nitrogens with zero attached hydrogens (tertiary/aromatic N) is 1. The third-order valence-electron chi connectivity index (χ3n) is 11.1. The Kier molecular flexibility index (Phi) is 8.95. The first-order chi connectivity index (χ1) is 28.2. The Balaban J connectivity index is 1.17. The van der Waals surface area contributed by atoms with Crippen LogP contribution in [0.1, 0.15) is 0 Å². The van der Waals surface area contributed by atoms with Crippen molar-refractivity contribution in [1.29, 1.82) is 0 Å². The molecule has 10 rings (SSSR count). The zero-order valence-electron chi connectivity index (χ0n) is 31.5. The molecule has 10 aromatic rings. The second-order valence-corrected chi connectivity index (χ2v) is 14.6. The fourth-order valence-corrected chi connectivity index (χ4v) is 8.09. The zero-order valence-corrected chi connectivity index (χ0v) is 31.5. The summed E-state index contributed by atoms with van der Waals surface area (Å²) in [5, 5.41) is 4.96. The Morgan fingerprint density at radius 1 is 0.211 bits per heavy atom. The van der Waals surface area contributed by atoms with E-state index in [1.165, 1.54) is 54.9 Å². The Morgan fingerprint density at radius 2 is 0.596 bits per heavy atom. The molecule has 0 aliphatic heterocycles. The molecule has 10 aromatic carbocycles. The maximum atomic E-state index is 2.46. The van der Waals surface area contributed by atoms with E-state index in [0.29, 0.717) is 0 Å². The Morgan fingerprint density at radius 3 is 1.25 bits per heavy atom. The molecule has 0 fully saturated rings. The lowest BCUT2D eigenvalue weighted by atomic mass is 9.94. The van der Waals surface area contributed by atoms with Crippen LogP contribution < -0.4 is 4.90 Å². The fourth-order valence-electron chi connectivity index (χ4n) is 8.09. The Bertz CT molecular complexity index is 2980. The summed E-state index contributed by atoms with van der Waals surface area (Å²) in [6.45, 7) is 0. The van der Waals surface area contributed by atoms with E-state index in [0.717, 1.165) is 39.3 Å². The lowest BCUT2D eigenvalue weighted by Crippen LogP contribution is -2.12. The summed E-state index contributed by atoms with van der Waals surface area (Å²) in [6, 6.07) is 85.8. The van der Waals surface area contributed by atoms with Crippen LogP contribution in [-0.2, 0) is 0 Å². The summed E-state index contributed by atoms with van der Waals surface area (Å²) < 4.78 is 0. The van der Waals surface area contributed by atoms with Gasteiger partial charge in [-0.3, -0.25) is 0 Å². The molecule has 0 aliphatic rings. The summed E-state index contributed by atoms with van der Waals surface area (Å²) in [6.07, 6.45) is 0. The predicted molar refractivity (Wildman–Crippen MR) is 243 cm³/mol. The predicted octanol–water partition coefficient (Wildman–Crippen LogP) is 15.8. The largest absolute Gasteiger partial charge is 0.309 e. The number of hydrogen-bond donors (Lipinski definition) is 0. The molecule has 0 unspecified atom stereocenters. The van der Waals surface area contributed by atoms with Gasteiger partial charge in [-0.1, -0.05) is 200 Å². The number of anilines is 3. The molecule has 57 heavy (non-hydrogen) atoms. The molecule has 0 heterocycles. The molecule has 0 aromatic heterocycles. The summed E-state index contributed by atoms with van der Waals surface area (Å²) in [7, 11) is 0. The van der Waals surface area contributed by atoms with Gasteiger partial charge in [0.2, 0.25) is 0 Å². The van der Waals surface area contributed by atoms with Crippen molar-refractivity contribution in [2.75, 3.05) is 4.90 Å². The topological polar surface area (TPSA) is 3.24 Å². The number of rotatable bonds is 8. The van der Waals surface area contributed by atoms with Gasteiger partial charge >= 0.3 is 0 Å². The molecular formula is C56H39N. The van der Waals surface area contributed by atoms with Crippen LogP contribution in [0.25, 0.3) is 77.2 Å². The zero-order chi connectivity index (χ0) is 38.0. The van der Waals surface area contributed by atoms with Gasteiger partial charge in [0.05, 0.1) is 11.4 Å². The first-order valence-electron chi connectivity index (χ1n) is 19.6. The van der Waals surface area contributed by atoms with Crippen LogP contribution in [0.3, 0.4) is 0 Å². The smallest absolute Gasteiger partial charge is 0.0546 e. The standard InChI is InChI=1S/C56H39N/c1-3-13-40(14-4-1)43-23-27-46(28-24-43)53-21-11-12-22-55(53)57(52-34-31-44(32-35-52)49-29-25-41-15-7-9-19-47(41)37-49)56-39-51(33-36-54(56)45-17-5-2-6-18-45)50-30-26-42-16-8-10-20-48(42)38-50/h1-39H. The van der Waals surface area contributed by atoms with Gasteiger partial charge in [-0.05, 0) is 102 Å². The van der Waals surface area contributed by atoms with Gasteiger partial charge in [-0.15, -0.1) is 0 Å². The normalized spacial score (nSPS) is 11.2. The molecule has 0 amide bonds. The van der Waals surface area contributed by atoms with Crippen molar-refractivity contribution in [3.63, 3.8) is 0 Å². The first kappa shape index (κ1) is 34.0. The fraction of sp³-hybridized carbons (Fsp3) is 0. The highest BCUT2D eigenvalue weighted by Crippen LogP contribution is 2.46. The molecule has 268 valence electrons. The second-order valence-electron chi connectivity index (χ2n) is 14.6. The molecule has 0 radical (unpaired) electrons. The Labute approximate surface area is 334 Å². The summed E-state index contributed by atoms with van der Waals surface area (Å²) in [5.41, 5.74) is 15.1. The lowest BCUT2D eigenvalue weighted by molar-refractivity contribution is 1.28. The van der Waals surface area contributed by atoms with Crippen molar-refractivity contribution in [3.05, 3.63) is 237 Å². The monoisotopic (exact) mass is 725 g/mol. The molecule has 0 saturated carbocycles. The van der Waals surface area contributed by atoms with Crippen molar-refractivity contribution in [2.24, 2.45) is 0 Å². The van der Waals surface area contributed by atoms with Crippen molar-refractivity contribution < 1.29 is 0 Å². The molecule has 0 bridgehead atoms. The van der Waals surface area contributed by atoms with Gasteiger partial charge in [0, 0.05) is 16.8 Å². The van der Waals surface area contributed by atoms with E-state index in [1.807, 2.05) is 0 Å². The summed E-state index contributed by atoms with van der Waals surface area (Å²) in [5.74, 6) is 0. The second kappa shape index (κ2) is 15.0. The minimum atomic E-state index is 1.08. The van der Waals surface area contributed by atoms with Gasteiger partial charge in [-0.2, -0.15) is 0 Å². The van der Waals surface area contributed by atoms with E-state index in [2.05, 4.69) is 241 Å². The molecule has 0 aliphatic carbocycles. The highest BCUT2D eigenvalue weighted by molar-refractivity contribution is 5.97. The summed E-state index contributed by atoms with van der Waals surface area (Å²) in [4.78, 5) is 2.46. The first-order valence-corrected chi connectivity index (χ1v) is 19.6. The average molecular weight is 726 g/mol. The van der Waals surface area contributed by atoms with Crippen LogP contribution >= 0.6 is 0 Å². The van der Waals surface area contributed by atoms with E-state index in [4.69, 9.17) is 0 Å². The van der Waals surface area contributed by atoms with Crippen LogP contribution in [0.15, 0.2) is 237 Å². The molecule has 0 N–H and O–H groups in total. The quantitative estimate of drug-likeness (QED) is 0.151. The van der Waals surface area contributed by atoms with Gasteiger partial charge in [-0.25, -0.2) is 0 Å². The average Bonchev–Trinajstić information content (AvgIpc) is 3.30. The highest BCUT2D eigenvalue weighted by Gasteiger charge is 2.22. The molecule has 0 spiro atoms. The maximum Gasteiger partial charge on any atom is 0.0546 e. The van der Waals surface area contributed by atoms with Crippen molar-refractivity contribution in [3.8, 4) is 55.6 Å².